The van der Waals surface area contributed by atoms with Crippen LogP contribution in [0.1, 0.15) is 38.5 Å². The third kappa shape index (κ3) is 4.19. The highest BCUT2D eigenvalue weighted by molar-refractivity contribution is 5.06. The van der Waals surface area contributed by atoms with Gasteiger partial charge in [0.25, 0.3) is 0 Å². The molecular formula is C17H31NO3. The Morgan fingerprint density at radius 1 is 0.810 bits per heavy atom. The van der Waals surface area contributed by atoms with Gasteiger partial charge in [0.2, 0.25) is 0 Å². The molecule has 122 valence electrons. The molecule has 0 aromatic rings. The maximum Gasteiger partial charge on any atom is 0.0701 e. The van der Waals surface area contributed by atoms with Crippen LogP contribution >= 0.6 is 0 Å². The normalized spacial score (nSPS) is 37.3. The lowest BCUT2D eigenvalue weighted by Crippen LogP contribution is -2.58. The molecule has 0 radical (unpaired) electrons. The molecule has 21 heavy (non-hydrogen) atoms. The van der Waals surface area contributed by atoms with E-state index in [2.05, 4.69) is 5.32 Å². The van der Waals surface area contributed by atoms with Gasteiger partial charge >= 0.3 is 0 Å². The van der Waals surface area contributed by atoms with E-state index in [0.717, 1.165) is 30.9 Å². The topological polar surface area (TPSA) is 39.7 Å². The van der Waals surface area contributed by atoms with E-state index >= 15 is 0 Å². The van der Waals surface area contributed by atoms with Gasteiger partial charge in [0, 0.05) is 19.2 Å². The Hall–Kier alpha value is -0.160. The third-order valence-corrected chi connectivity index (χ3v) is 5.59. The predicted molar refractivity (Wildman–Crippen MR) is 82.4 cm³/mol. The molecule has 4 saturated carbocycles. The highest BCUT2D eigenvalue weighted by Crippen LogP contribution is 2.55. The zero-order valence-electron chi connectivity index (χ0n) is 13.4. The monoisotopic (exact) mass is 297 g/mol. The summed E-state index contributed by atoms with van der Waals surface area (Å²) in [6.07, 6.45) is 8.78. The quantitative estimate of drug-likeness (QED) is 0.628. The number of hydrogen-bond donors (Lipinski definition) is 1. The fourth-order valence-electron chi connectivity index (χ4n) is 5.18. The molecule has 1 N–H and O–H groups in total. The van der Waals surface area contributed by atoms with Gasteiger partial charge in [0.05, 0.1) is 33.0 Å². The second-order valence-electron chi connectivity index (χ2n) is 7.34. The summed E-state index contributed by atoms with van der Waals surface area (Å²) >= 11 is 0. The Balaban J connectivity index is 1.26. The average molecular weight is 297 g/mol. The Kier molecular flexibility index (Phi) is 5.54. The van der Waals surface area contributed by atoms with Crippen molar-refractivity contribution in [2.45, 2.75) is 44.1 Å². The van der Waals surface area contributed by atoms with Crippen LogP contribution in [-0.2, 0) is 14.2 Å². The van der Waals surface area contributed by atoms with Crippen LogP contribution in [0.25, 0.3) is 0 Å². The second kappa shape index (κ2) is 7.40. The standard InChI is InChI=1S/C17H31NO3/c1-19-4-5-21-7-6-20-3-2-18-17-11-14-8-15(12-17)10-16(9-14)13-17/h14-16,18H,2-13H2,1H3. The summed E-state index contributed by atoms with van der Waals surface area (Å²) in [5.74, 6) is 3.04. The summed E-state index contributed by atoms with van der Waals surface area (Å²) in [5.41, 5.74) is 0.465. The van der Waals surface area contributed by atoms with Crippen LogP contribution in [0.2, 0.25) is 0 Å². The van der Waals surface area contributed by atoms with Crippen LogP contribution in [-0.4, -0.2) is 52.2 Å². The fraction of sp³-hybridized carbons (Fsp3) is 1.00. The summed E-state index contributed by atoms with van der Waals surface area (Å²) in [5, 5.41) is 3.85. The number of methoxy groups -OCH3 is 1. The van der Waals surface area contributed by atoms with Crippen LogP contribution in [0.5, 0.6) is 0 Å². The van der Waals surface area contributed by atoms with Gasteiger partial charge in [0.1, 0.15) is 0 Å². The molecule has 4 rings (SSSR count). The zero-order chi connectivity index (χ0) is 14.5. The van der Waals surface area contributed by atoms with Gasteiger partial charge in [-0.3, -0.25) is 0 Å². The first-order valence-corrected chi connectivity index (χ1v) is 8.69. The van der Waals surface area contributed by atoms with Crippen molar-refractivity contribution in [3.05, 3.63) is 0 Å². The molecule has 0 unspecified atom stereocenters. The largest absolute Gasteiger partial charge is 0.382 e. The van der Waals surface area contributed by atoms with E-state index in [1.54, 1.807) is 7.11 Å². The van der Waals surface area contributed by atoms with Crippen LogP contribution in [0.3, 0.4) is 0 Å². The van der Waals surface area contributed by atoms with Crippen molar-refractivity contribution < 1.29 is 14.2 Å². The second-order valence-corrected chi connectivity index (χ2v) is 7.34. The minimum absolute atomic E-state index is 0.465. The van der Waals surface area contributed by atoms with Crippen LogP contribution < -0.4 is 5.32 Å². The van der Waals surface area contributed by atoms with E-state index in [4.69, 9.17) is 14.2 Å². The van der Waals surface area contributed by atoms with E-state index < -0.39 is 0 Å². The van der Waals surface area contributed by atoms with Crippen molar-refractivity contribution in [2.75, 3.05) is 46.7 Å². The van der Waals surface area contributed by atoms with E-state index in [0.29, 0.717) is 32.0 Å². The SMILES string of the molecule is COCCOCCOCCNC12CC3CC(CC(C3)C1)C2. The van der Waals surface area contributed by atoms with E-state index in [1.807, 2.05) is 0 Å². The molecule has 0 heterocycles. The van der Waals surface area contributed by atoms with E-state index in [-0.39, 0.29) is 0 Å². The lowest BCUT2D eigenvalue weighted by atomic mass is 9.53. The summed E-state index contributed by atoms with van der Waals surface area (Å²) in [7, 11) is 1.69. The van der Waals surface area contributed by atoms with E-state index in [1.165, 1.54) is 38.5 Å². The highest BCUT2D eigenvalue weighted by Gasteiger charge is 2.50. The molecule has 0 aromatic heterocycles. The molecular weight excluding hydrogens is 266 g/mol. The van der Waals surface area contributed by atoms with Gasteiger partial charge in [-0.1, -0.05) is 0 Å². The number of ether oxygens (including phenoxy) is 3. The fourth-order valence-corrected chi connectivity index (χ4v) is 5.18. The van der Waals surface area contributed by atoms with E-state index in [9.17, 15) is 0 Å². The first-order chi connectivity index (χ1) is 10.3. The average Bonchev–Trinajstić information content (AvgIpc) is 2.44. The lowest BCUT2D eigenvalue weighted by Gasteiger charge is -2.57. The zero-order valence-corrected chi connectivity index (χ0v) is 13.4. The minimum atomic E-state index is 0.465. The van der Waals surface area contributed by atoms with Crippen LogP contribution in [0.4, 0.5) is 0 Å². The summed E-state index contributed by atoms with van der Waals surface area (Å²) in [6, 6.07) is 0. The molecule has 0 spiro atoms. The molecule has 4 aliphatic carbocycles. The Morgan fingerprint density at radius 2 is 1.33 bits per heavy atom. The van der Waals surface area contributed by atoms with Gasteiger partial charge in [-0.2, -0.15) is 0 Å². The molecule has 0 amide bonds. The van der Waals surface area contributed by atoms with Crippen molar-refractivity contribution in [3.63, 3.8) is 0 Å². The molecule has 0 atom stereocenters. The maximum absolute atomic E-state index is 5.65. The number of hydrogen-bond acceptors (Lipinski definition) is 4. The molecule has 4 heteroatoms. The van der Waals surface area contributed by atoms with Crippen LogP contribution in [0, 0.1) is 17.8 Å². The van der Waals surface area contributed by atoms with Crippen molar-refractivity contribution in [2.24, 2.45) is 17.8 Å². The third-order valence-electron chi connectivity index (χ3n) is 5.59. The highest BCUT2D eigenvalue weighted by atomic mass is 16.5. The Morgan fingerprint density at radius 3 is 1.90 bits per heavy atom. The minimum Gasteiger partial charge on any atom is -0.382 e. The molecule has 0 saturated heterocycles. The van der Waals surface area contributed by atoms with Gasteiger partial charge in [0.15, 0.2) is 0 Å². The van der Waals surface area contributed by atoms with Crippen molar-refractivity contribution >= 4 is 0 Å². The van der Waals surface area contributed by atoms with Gasteiger partial charge in [-0.05, 0) is 56.3 Å². The maximum atomic E-state index is 5.65. The molecule has 0 aliphatic heterocycles. The first-order valence-electron chi connectivity index (χ1n) is 8.69. The van der Waals surface area contributed by atoms with Crippen molar-refractivity contribution in [1.29, 1.82) is 0 Å². The van der Waals surface area contributed by atoms with Gasteiger partial charge in [-0.15, -0.1) is 0 Å². The molecule has 4 fully saturated rings. The molecule has 4 nitrogen and oxygen atoms in total. The number of nitrogens with one attached hydrogen (secondary N) is 1. The van der Waals surface area contributed by atoms with Gasteiger partial charge in [-0.25, -0.2) is 0 Å². The molecule has 4 bridgehead atoms. The summed E-state index contributed by atoms with van der Waals surface area (Å²) in [6.45, 7) is 4.46. The lowest BCUT2D eigenvalue weighted by molar-refractivity contribution is -0.0249. The Labute approximate surface area is 128 Å². The smallest absolute Gasteiger partial charge is 0.0701 e. The predicted octanol–water partition coefficient (Wildman–Crippen LogP) is 2.22. The number of rotatable bonds is 10. The first kappa shape index (κ1) is 15.7. The van der Waals surface area contributed by atoms with Crippen molar-refractivity contribution in [1.82, 2.24) is 5.32 Å². The molecule has 0 aromatic carbocycles. The summed E-state index contributed by atoms with van der Waals surface area (Å²) in [4.78, 5) is 0. The van der Waals surface area contributed by atoms with Gasteiger partial charge < -0.3 is 19.5 Å². The van der Waals surface area contributed by atoms with Crippen LogP contribution in [0.15, 0.2) is 0 Å². The summed E-state index contributed by atoms with van der Waals surface area (Å²) < 4.78 is 16.0. The molecule has 4 aliphatic rings. The van der Waals surface area contributed by atoms with Crippen molar-refractivity contribution in [3.8, 4) is 0 Å². The Bertz CT molecular complexity index is 286.